The van der Waals surface area contributed by atoms with Crippen molar-refractivity contribution in [3.8, 4) is 16.9 Å². The summed E-state index contributed by atoms with van der Waals surface area (Å²) in [6.07, 6.45) is 0. The van der Waals surface area contributed by atoms with Crippen LogP contribution in [0.1, 0.15) is 36.7 Å². The molecule has 0 fully saturated rings. The Morgan fingerprint density at radius 1 is 0.867 bits per heavy atom. The van der Waals surface area contributed by atoms with Gasteiger partial charge in [-0.3, -0.25) is 4.90 Å². The fourth-order valence-corrected chi connectivity index (χ4v) is 4.58. The Bertz CT molecular complexity index is 1130. The average Bonchev–Trinajstić information content (AvgIpc) is 3.14. The van der Waals surface area contributed by atoms with Crippen LogP contribution in [0.4, 0.5) is 0 Å². The normalized spacial score (nSPS) is 16.2. The number of rotatable bonds is 4. The Kier molecular flexibility index (Phi) is 4.93. The van der Waals surface area contributed by atoms with Crippen molar-refractivity contribution in [1.82, 2.24) is 19.9 Å². The number of fused-ring (bicyclic) bond motifs is 3. The lowest BCUT2D eigenvalue weighted by Gasteiger charge is -2.33. The van der Waals surface area contributed by atoms with E-state index in [2.05, 4.69) is 113 Å². The molecule has 1 unspecified atom stereocenters. The molecule has 0 saturated heterocycles. The van der Waals surface area contributed by atoms with E-state index >= 15 is 0 Å². The van der Waals surface area contributed by atoms with Gasteiger partial charge in [-0.05, 0) is 23.1 Å². The van der Waals surface area contributed by atoms with Crippen LogP contribution in [0.25, 0.3) is 16.9 Å². The van der Waals surface area contributed by atoms with E-state index in [1.54, 1.807) is 0 Å². The molecule has 1 aliphatic heterocycles. The molecule has 5 rings (SSSR count). The minimum absolute atomic E-state index is 0.197. The molecule has 1 atom stereocenters. The van der Waals surface area contributed by atoms with Crippen LogP contribution in [0.2, 0.25) is 0 Å². The largest absolute Gasteiger partial charge is 0.286 e. The SMILES string of the molecule is CC(C)C1c2c(-c3ccccc3)nnn2-c2ccccc2CN1Cc1ccccc1. The van der Waals surface area contributed by atoms with E-state index in [1.165, 1.54) is 16.8 Å². The second-order valence-corrected chi connectivity index (χ2v) is 8.31. The van der Waals surface area contributed by atoms with Crippen molar-refractivity contribution in [3.63, 3.8) is 0 Å². The minimum atomic E-state index is 0.197. The van der Waals surface area contributed by atoms with Crippen molar-refractivity contribution >= 4 is 0 Å². The van der Waals surface area contributed by atoms with Gasteiger partial charge in [-0.2, -0.15) is 0 Å². The number of benzene rings is 3. The second kappa shape index (κ2) is 7.88. The highest BCUT2D eigenvalue weighted by molar-refractivity contribution is 5.63. The lowest BCUT2D eigenvalue weighted by molar-refractivity contribution is 0.137. The van der Waals surface area contributed by atoms with Crippen LogP contribution in [-0.4, -0.2) is 19.9 Å². The average molecular weight is 395 g/mol. The summed E-state index contributed by atoms with van der Waals surface area (Å²) in [5.41, 5.74) is 7.00. The highest BCUT2D eigenvalue weighted by atomic mass is 15.5. The number of aromatic nitrogens is 3. The number of hydrogen-bond donors (Lipinski definition) is 0. The first-order valence-electron chi connectivity index (χ1n) is 10.6. The van der Waals surface area contributed by atoms with Crippen LogP contribution < -0.4 is 0 Å². The van der Waals surface area contributed by atoms with Gasteiger partial charge in [-0.25, -0.2) is 4.68 Å². The summed E-state index contributed by atoms with van der Waals surface area (Å²) < 4.78 is 2.08. The lowest BCUT2D eigenvalue weighted by atomic mass is 9.94. The van der Waals surface area contributed by atoms with Crippen LogP contribution in [0.5, 0.6) is 0 Å². The van der Waals surface area contributed by atoms with E-state index in [-0.39, 0.29) is 6.04 Å². The summed E-state index contributed by atoms with van der Waals surface area (Å²) in [6.45, 7) is 6.36. The summed E-state index contributed by atoms with van der Waals surface area (Å²) in [5, 5.41) is 9.32. The van der Waals surface area contributed by atoms with E-state index < -0.39 is 0 Å². The van der Waals surface area contributed by atoms with Crippen LogP contribution >= 0.6 is 0 Å². The van der Waals surface area contributed by atoms with Gasteiger partial charge in [0, 0.05) is 18.7 Å². The molecule has 3 aromatic carbocycles. The Morgan fingerprint density at radius 2 is 1.53 bits per heavy atom. The maximum atomic E-state index is 4.67. The molecule has 1 aliphatic rings. The number of hydrogen-bond acceptors (Lipinski definition) is 3. The fourth-order valence-electron chi connectivity index (χ4n) is 4.58. The first-order chi connectivity index (χ1) is 14.7. The Hall–Kier alpha value is -3.24. The third-order valence-electron chi connectivity index (χ3n) is 5.88. The first-order valence-corrected chi connectivity index (χ1v) is 10.6. The van der Waals surface area contributed by atoms with Gasteiger partial charge in [0.05, 0.1) is 17.4 Å². The van der Waals surface area contributed by atoms with E-state index in [1.807, 2.05) is 6.07 Å². The van der Waals surface area contributed by atoms with Crippen molar-refractivity contribution in [2.75, 3.05) is 0 Å². The molecular weight excluding hydrogens is 368 g/mol. The predicted molar refractivity (Wildman–Crippen MR) is 120 cm³/mol. The summed E-state index contributed by atoms with van der Waals surface area (Å²) in [4.78, 5) is 2.58. The van der Waals surface area contributed by atoms with Crippen LogP contribution in [0.3, 0.4) is 0 Å². The summed E-state index contributed by atoms with van der Waals surface area (Å²) in [7, 11) is 0. The van der Waals surface area contributed by atoms with Gasteiger partial charge in [0.1, 0.15) is 5.69 Å². The maximum absolute atomic E-state index is 4.67. The van der Waals surface area contributed by atoms with E-state index in [0.717, 1.165) is 30.0 Å². The first kappa shape index (κ1) is 18.8. The monoisotopic (exact) mass is 394 g/mol. The number of para-hydroxylation sites is 1. The van der Waals surface area contributed by atoms with E-state index in [9.17, 15) is 0 Å². The third kappa shape index (κ3) is 3.33. The van der Waals surface area contributed by atoms with Gasteiger partial charge < -0.3 is 0 Å². The van der Waals surface area contributed by atoms with Gasteiger partial charge in [0.15, 0.2) is 0 Å². The smallest absolute Gasteiger partial charge is 0.118 e. The zero-order valence-electron chi connectivity index (χ0n) is 17.4. The summed E-state index contributed by atoms with van der Waals surface area (Å²) in [6, 6.07) is 29.9. The highest BCUT2D eigenvalue weighted by Crippen LogP contribution is 2.40. The zero-order chi connectivity index (χ0) is 20.5. The van der Waals surface area contributed by atoms with Crippen molar-refractivity contribution in [1.29, 1.82) is 0 Å². The molecule has 1 aromatic heterocycles. The standard InChI is InChI=1S/C26H26N4/c1-19(2)25-26-24(21-13-7-4-8-14-21)27-28-30(26)23-16-10-9-15-22(23)18-29(25)17-20-11-5-3-6-12-20/h3-16,19,25H,17-18H2,1-2H3. The van der Waals surface area contributed by atoms with Gasteiger partial charge in [-0.1, -0.05) is 97.9 Å². The molecule has 0 N–H and O–H groups in total. The molecular formula is C26H26N4. The summed E-state index contributed by atoms with van der Waals surface area (Å²) >= 11 is 0. The topological polar surface area (TPSA) is 34.0 Å². The van der Waals surface area contributed by atoms with Crippen LogP contribution in [0, 0.1) is 5.92 Å². The van der Waals surface area contributed by atoms with Gasteiger partial charge in [0.2, 0.25) is 0 Å². The Morgan fingerprint density at radius 3 is 2.27 bits per heavy atom. The van der Waals surface area contributed by atoms with Crippen LogP contribution in [-0.2, 0) is 13.1 Å². The van der Waals surface area contributed by atoms with Crippen LogP contribution in [0.15, 0.2) is 84.9 Å². The molecule has 0 radical (unpaired) electrons. The molecule has 4 nitrogen and oxygen atoms in total. The predicted octanol–water partition coefficient (Wildman–Crippen LogP) is 5.65. The summed E-state index contributed by atoms with van der Waals surface area (Å²) in [5.74, 6) is 0.405. The molecule has 0 bridgehead atoms. The molecule has 4 heteroatoms. The molecule has 0 amide bonds. The molecule has 30 heavy (non-hydrogen) atoms. The van der Waals surface area contributed by atoms with E-state index in [4.69, 9.17) is 0 Å². The molecule has 2 heterocycles. The van der Waals surface area contributed by atoms with Gasteiger partial charge in [0.25, 0.3) is 0 Å². The molecule has 150 valence electrons. The zero-order valence-corrected chi connectivity index (χ0v) is 17.4. The third-order valence-corrected chi connectivity index (χ3v) is 5.88. The van der Waals surface area contributed by atoms with Crippen molar-refractivity contribution < 1.29 is 0 Å². The molecule has 0 spiro atoms. The molecule has 4 aromatic rings. The highest BCUT2D eigenvalue weighted by Gasteiger charge is 2.35. The van der Waals surface area contributed by atoms with Gasteiger partial charge >= 0.3 is 0 Å². The van der Waals surface area contributed by atoms with Crippen molar-refractivity contribution in [3.05, 3.63) is 102 Å². The lowest BCUT2D eigenvalue weighted by Crippen LogP contribution is -2.31. The molecule has 0 saturated carbocycles. The Labute approximate surface area is 177 Å². The van der Waals surface area contributed by atoms with Crippen molar-refractivity contribution in [2.24, 2.45) is 5.92 Å². The molecule has 0 aliphatic carbocycles. The minimum Gasteiger partial charge on any atom is -0.286 e. The van der Waals surface area contributed by atoms with E-state index in [0.29, 0.717) is 5.92 Å². The maximum Gasteiger partial charge on any atom is 0.118 e. The Balaban J connectivity index is 1.71. The van der Waals surface area contributed by atoms with Crippen molar-refractivity contribution in [2.45, 2.75) is 33.0 Å². The second-order valence-electron chi connectivity index (χ2n) is 8.31. The number of nitrogens with zero attached hydrogens (tertiary/aromatic N) is 4. The van der Waals surface area contributed by atoms with Gasteiger partial charge in [-0.15, -0.1) is 5.10 Å². The fraction of sp³-hybridized carbons (Fsp3) is 0.231. The quantitative estimate of drug-likeness (QED) is 0.449.